The van der Waals surface area contributed by atoms with E-state index < -0.39 is 5.97 Å². The summed E-state index contributed by atoms with van der Waals surface area (Å²) < 4.78 is 0. The molecule has 0 aliphatic rings. The first kappa shape index (κ1) is 15.9. The van der Waals surface area contributed by atoms with Crippen LogP contribution in [0.5, 0.6) is 5.75 Å². The van der Waals surface area contributed by atoms with Crippen molar-refractivity contribution in [2.45, 2.75) is 26.3 Å². The van der Waals surface area contributed by atoms with E-state index in [2.05, 4.69) is 29.4 Å². The van der Waals surface area contributed by atoms with Gasteiger partial charge >= 0.3 is 5.97 Å². The van der Waals surface area contributed by atoms with Crippen LogP contribution in [0.4, 0.5) is 5.69 Å². The number of nitrogens with one attached hydrogen (secondary N) is 2. The summed E-state index contributed by atoms with van der Waals surface area (Å²) in [6.07, 6.45) is 0. The van der Waals surface area contributed by atoms with E-state index in [0.717, 1.165) is 16.8 Å². The number of hydrogen-bond donors (Lipinski definition) is 4. The number of aromatic carboxylic acids is 1. The summed E-state index contributed by atoms with van der Waals surface area (Å²) in [5, 5.41) is 29.4. The third kappa shape index (κ3) is 3.03. The first-order chi connectivity index (χ1) is 11.5. The summed E-state index contributed by atoms with van der Waals surface area (Å²) in [5.74, 6) is -0.451. The van der Waals surface area contributed by atoms with Crippen molar-refractivity contribution in [1.82, 2.24) is 10.2 Å². The quantitative estimate of drug-likeness (QED) is 0.573. The third-order valence-electron chi connectivity index (χ3n) is 4.02. The van der Waals surface area contributed by atoms with Gasteiger partial charge in [-0.25, -0.2) is 4.79 Å². The zero-order valence-corrected chi connectivity index (χ0v) is 13.5. The Kier molecular flexibility index (Phi) is 4.12. The Balaban J connectivity index is 1.84. The molecule has 2 aromatic carbocycles. The number of phenolic OH excluding ortho intramolecular Hbond substituents is 1. The smallest absolute Gasteiger partial charge is 0.357 e. The summed E-state index contributed by atoms with van der Waals surface area (Å²) in [7, 11) is 0. The van der Waals surface area contributed by atoms with Crippen molar-refractivity contribution in [3.63, 3.8) is 0 Å². The molecule has 0 unspecified atom stereocenters. The molecule has 0 bridgehead atoms. The van der Waals surface area contributed by atoms with Crippen molar-refractivity contribution in [1.29, 1.82) is 0 Å². The highest BCUT2D eigenvalue weighted by Crippen LogP contribution is 2.25. The molecule has 3 aromatic rings. The zero-order chi connectivity index (χ0) is 17.3. The largest absolute Gasteiger partial charge is 0.508 e. The number of H-pyrrole nitrogens is 1. The summed E-state index contributed by atoms with van der Waals surface area (Å²) in [4.78, 5) is 11.2. The van der Waals surface area contributed by atoms with Gasteiger partial charge in [0.1, 0.15) is 5.75 Å². The summed E-state index contributed by atoms with van der Waals surface area (Å²) in [6.45, 7) is 4.64. The number of anilines is 1. The number of rotatable bonds is 5. The molecule has 0 saturated heterocycles. The Morgan fingerprint density at radius 1 is 1.25 bits per heavy atom. The van der Waals surface area contributed by atoms with Gasteiger partial charge in [0.15, 0.2) is 5.69 Å². The Hall–Kier alpha value is -3.02. The minimum Gasteiger partial charge on any atom is -0.508 e. The highest BCUT2D eigenvalue weighted by Gasteiger charge is 2.13. The molecule has 124 valence electrons. The Morgan fingerprint density at radius 2 is 2.04 bits per heavy atom. The van der Waals surface area contributed by atoms with E-state index in [1.165, 1.54) is 0 Å². The number of fused-ring (bicyclic) bond motifs is 1. The number of benzene rings is 2. The van der Waals surface area contributed by atoms with Crippen molar-refractivity contribution in [2.24, 2.45) is 0 Å². The van der Waals surface area contributed by atoms with Crippen molar-refractivity contribution < 1.29 is 15.0 Å². The lowest BCUT2D eigenvalue weighted by molar-refractivity contribution is 0.0692. The summed E-state index contributed by atoms with van der Waals surface area (Å²) in [5.41, 5.74) is 3.39. The zero-order valence-electron chi connectivity index (χ0n) is 13.5. The normalized spacial score (nSPS) is 11.1. The molecule has 6 nitrogen and oxygen atoms in total. The minimum atomic E-state index is -1.07. The number of aromatic nitrogens is 2. The molecule has 0 aliphatic carbocycles. The van der Waals surface area contributed by atoms with Gasteiger partial charge in [-0.15, -0.1) is 0 Å². The number of phenols is 1. The van der Waals surface area contributed by atoms with Crippen LogP contribution in [0.15, 0.2) is 36.4 Å². The molecule has 0 radical (unpaired) electrons. The maximum atomic E-state index is 11.2. The maximum absolute atomic E-state index is 11.2. The Labute approximate surface area is 139 Å². The molecule has 0 atom stereocenters. The van der Waals surface area contributed by atoms with Crippen molar-refractivity contribution >= 4 is 22.6 Å². The standard InChI is InChI=1S/C18H19N3O3/c1-10(2)11-3-6-16(22)12(7-11)9-19-13-4-5-15-14(8-13)17(18(23)24)21-20-15/h3-8,10,19,22H,9H2,1-2H3,(H,20,21)(H,23,24). The molecule has 0 saturated carbocycles. The predicted octanol–water partition coefficient (Wildman–Crippen LogP) is 3.70. The highest BCUT2D eigenvalue weighted by molar-refractivity contribution is 6.01. The molecule has 1 aromatic heterocycles. The second-order valence-electron chi connectivity index (χ2n) is 6.03. The van der Waals surface area contributed by atoms with Crippen LogP contribution in [-0.2, 0) is 6.54 Å². The molecule has 0 amide bonds. The van der Waals surface area contributed by atoms with Gasteiger partial charge in [0.05, 0.1) is 5.52 Å². The van der Waals surface area contributed by atoms with Crippen molar-refractivity contribution in [2.75, 3.05) is 5.32 Å². The topological polar surface area (TPSA) is 98.2 Å². The Bertz CT molecular complexity index is 900. The van der Waals surface area contributed by atoms with E-state index >= 15 is 0 Å². The van der Waals surface area contributed by atoms with Crippen molar-refractivity contribution in [3.8, 4) is 5.75 Å². The van der Waals surface area contributed by atoms with E-state index in [9.17, 15) is 9.90 Å². The van der Waals surface area contributed by atoms with Gasteiger partial charge < -0.3 is 15.5 Å². The monoisotopic (exact) mass is 325 g/mol. The van der Waals surface area contributed by atoms with Crippen LogP contribution in [0.25, 0.3) is 10.9 Å². The summed E-state index contributed by atoms with van der Waals surface area (Å²) in [6, 6.07) is 11.0. The highest BCUT2D eigenvalue weighted by atomic mass is 16.4. The molecule has 0 aliphatic heterocycles. The lowest BCUT2D eigenvalue weighted by atomic mass is 10.0. The van der Waals surface area contributed by atoms with Gasteiger partial charge in [-0.05, 0) is 35.7 Å². The lowest BCUT2D eigenvalue weighted by Gasteiger charge is -2.12. The molecule has 0 fully saturated rings. The molecule has 3 rings (SSSR count). The second kappa shape index (κ2) is 6.23. The van der Waals surface area contributed by atoms with Crippen LogP contribution in [0.1, 0.15) is 41.4 Å². The van der Waals surface area contributed by atoms with Crippen LogP contribution in [0.3, 0.4) is 0 Å². The minimum absolute atomic E-state index is 0.00157. The number of aromatic amines is 1. The van der Waals surface area contributed by atoms with Crippen LogP contribution in [0, 0.1) is 0 Å². The number of aromatic hydroxyl groups is 1. The number of carboxylic acids is 1. The van der Waals surface area contributed by atoms with Gasteiger partial charge in [-0.2, -0.15) is 5.10 Å². The number of hydrogen-bond acceptors (Lipinski definition) is 4. The van der Waals surface area contributed by atoms with Crippen molar-refractivity contribution in [3.05, 3.63) is 53.2 Å². The van der Waals surface area contributed by atoms with Gasteiger partial charge in [0, 0.05) is 23.2 Å². The molecule has 0 spiro atoms. The third-order valence-corrected chi connectivity index (χ3v) is 4.02. The van der Waals surface area contributed by atoms with Gasteiger partial charge in [0.2, 0.25) is 0 Å². The van der Waals surface area contributed by atoms with E-state index in [-0.39, 0.29) is 11.4 Å². The molecular weight excluding hydrogens is 306 g/mol. The molecule has 4 N–H and O–H groups in total. The molecular formula is C18H19N3O3. The van der Waals surface area contributed by atoms with Crippen LogP contribution < -0.4 is 5.32 Å². The lowest BCUT2D eigenvalue weighted by Crippen LogP contribution is -2.01. The van der Waals surface area contributed by atoms with Gasteiger partial charge in [-0.1, -0.05) is 26.0 Å². The molecule has 6 heteroatoms. The van der Waals surface area contributed by atoms with E-state index in [4.69, 9.17) is 5.11 Å². The van der Waals surface area contributed by atoms with E-state index in [1.54, 1.807) is 18.2 Å². The van der Waals surface area contributed by atoms with E-state index in [1.807, 2.05) is 18.2 Å². The predicted molar refractivity (Wildman–Crippen MR) is 92.6 cm³/mol. The number of carbonyl (C=O) groups is 1. The second-order valence-corrected chi connectivity index (χ2v) is 6.03. The first-order valence-electron chi connectivity index (χ1n) is 7.73. The maximum Gasteiger partial charge on any atom is 0.357 e. The van der Waals surface area contributed by atoms with Crippen LogP contribution >= 0.6 is 0 Å². The summed E-state index contributed by atoms with van der Waals surface area (Å²) >= 11 is 0. The fourth-order valence-corrected chi connectivity index (χ4v) is 2.59. The van der Waals surface area contributed by atoms with Gasteiger partial charge in [-0.3, -0.25) is 5.10 Å². The fraction of sp³-hybridized carbons (Fsp3) is 0.222. The Morgan fingerprint density at radius 3 is 2.75 bits per heavy atom. The first-order valence-corrected chi connectivity index (χ1v) is 7.73. The van der Waals surface area contributed by atoms with Gasteiger partial charge in [0.25, 0.3) is 0 Å². The molecule has 24 heavy (non-hydrogen) atoms. The number of carboxylic acid groups (broad SMARTS) is 1. The molecule has 1 heterocycles. The van der Waals surface area contributed by atoms with E-state index in [0.29, 0.717) is 23.4 Å². The SMILES string of the molecule is CC(C)c1ccc(O)c(CNc2ccc3[nH]nc(C(=O)O)c3c2)c1. The fourth-order valence-electron chi connectivity index (χ4n) is 2.59. The van der Waals surface area contributed by atoms with Crippen LogP contribution in [0.2, 0.25) is 0 Å². The number of nitrogens with zero attached hydrogens (tertiary/aromatic N) is 1. The van der Waals surface area contributed by atoms with Crippen LogP contribution in [-0.4, -0.2) is 26.4 Å². The average Bonchev–Trinajstić information content (AvgIpc) is 2.97. The average molecular weight is 325 g/mol.